The van der Waals surface area contributed by atoms with Crippen molar-refractivity contribution in [2.24, 2.45) is 0 Å². The minimum Gasteiger partial charge on any atom is -0.395 e. The third-order valence-corrected chi connectivity index (χ3v) is 6.50. The lowest BCUT2D eigenvalue weighted by Crippen LogP contribution is -2.47. The normalized spacial score (nSPS) is 14.8. The zero-order valence-corrected chi connectivity index (χ0v) is 21.3. The average molecular weight is 565 g/mol. The van der Waals surface area contributed by atoms with E-state index in [1.54, 1.807) is 15.9 Å². The van der Waals surface area contributed by atoms with Gasteiger partial charge in [0.2, 0.25) is 0 Å². The Labute approximate surface area is 222 Å². The first kappa shape index (κ1) is 30.0. The molecule has 0 saturated carbocycles. The predicted molar refractivity (Wildman–Crippen MR) is 135 cm³/mol. The fourth-order valence-corrected chi connectivity index (χ4v) is 4.41. The maximum absolute atomic E-state index is 14.9. The van der Waals surface area contributed by atoms with E-state index in [4.69, 9.17) is 21.8 Å². The van der Waals surface area contributed by atoms with E-state index in [2.05, 4.69) is 5.32 Å². The Hall–Kier alpha value is -2.51. The highest BCUT2D eigenvalue weighted by Gasteiger charge is 2.29. The number of anilines is 2. The Bertz CT molecular complexity index is 1090. The second-order valence-electron chi connectivity index (χ2n) is 8.93. The molecule has 1 saturated heterocycles. The summed E-state index contributed by atoms with van der Waals surface area (Å²) in [5.41, 5.74) is 0.267. The molecule has 3 N–H and O–H groups in total. The number of alkyl halides is 3. The summed E-state index contributed by atoms with van der Waals surface area (Å²) in [6.45, 7) is 1.21. The number of amides is 1. The molecule has 0 atom stereocenters. The fourth-order valence-electron chi connectivity index (χ4n) is 4.24. The minimum absolute atomic E-state index is 0.0310. The van der Waals surface area contributed by atoms with Crippen molar-refractivity contribution in [1.82, 2.24) is 9.80 Å². The first-order chi connectivity index (χ1) is 18.0. The summed E-state index contributed by atoms with van der Waals surface area (Å²) < 4.78 is 67.3. The summed E-state index contributed by atoms with van der Waals surface area (Å²) in [6.07, 6.45) is -5.12. The summed E-state index contributed by atoms with van der Waals surface area (Å²) in [7, 11) is 0. The van der Waals surface area contributed by atoms with Gasteiger partial charge >= 0.3 is 6.18 Å². The van der Waals surface area contributed by atoms with E-state index in [1.807, 2.05) is 4.90 Å². The first-order valence-electron chi connectivity index (χ1n) is 12.1. The van der Waals surface area contributed by atoms with E-state index in [9.17, 15) is 26.7 Å². The smallest absolute Gasteiger partial charge is 0.390 e. The van der Waals surface area contributed by atoms with Crippen LogP contribution in [0.2, 0.25) is 5.02 Å². The lowest BCUT2D eigenvalue weighted by Gasteiger charge is -2.37. The van der Waals surface area contributed by atoms with Crippen molar-refractivity contribution in [3.05, 3.63) is 58.1 Å². The largest absolute Gasteiger partial charge is 0.395 e. The van der Waals surface area contributed by atoms with Gasteiger partial charge in [0.15, 0.2) is 11.6 Å². The number of hydrogen-bond acceptors (Lipinski definition) is 6. The number of carbonyl (C=O) groups is 1. The summed E-state index contributed by atoms with van der Waals surface area (Å²) in [5, 5.41) is 21.2. The van der Waals surface area contributed by atoms with Crippen LogP contribution in [-0.4, -0.2) is 91.1 Å². The molecule has 7 nitrogen and oxygen atoms in total. The fraction of sp³-hybridized carbons (Fsp3) is 0.480. The third kappa shape index (κ3) is 8.24. The van der Waals surface area contributed by atoms with Gasteiger partial charge in [-0.05, 0) is 24.3 Å². The van der Waals surface area contributed by atoms with Gasteiger partial charge in [0, 0.05) is 62.9 Å². The van der Waals surface area contributed by atoms with Gasteiger partial charge in [-0.3, -0.25) is 14.6 Å². The monoisotopic (exact) mass is 564 g/mol. The maximum atomic E-state index is 14.9. The van der Waals surface area contributed by atoms with Gasteiger partial charge in [-0.25, -0.2) is 8.78 Å². The Balaban J connectivity index is 1.72. The van der Waals surface area contributed by atoms with Crippen LogP contribution in [-0.2, 0) is 6.54 Å². The van der Waals surface area contributed by atoms with E-state index in [0.29, 0.717) is 42.6 Å². The molecule has 0 spiro atoms. The van der Waals surface area contributed by atoms with Crippen molar-refractivity contribution in [2.75, 3.05) is 69.2 Å². The van der Waals surface area contributed by atoms with Gasteiger partial charge in [-0.1, -0.05) is 17.7 Å². The maximum Gasteiger partial charge on any atom is 0.390 e. The third-order valence-electron chi connectivity index (χ3n) is 6.27. The molecule has 13 heteroatoms. The number of piperazine rings is 1. The topological polar surface area (TPSA) is 79.3 Å². The van der Waals surface area contributed by atoms with Gasteiger partial charge in [0.1, 0.15) is 0 Å². The van der Waals surface area contributed by atoms with Crippen molar-refractivity contribution in [3.8, 4) is 0 Å². The highest BCUT2D eigenvalue weighted by atomic mass is 35.5. The van der Waals surface area contributed by atoms with Crippen LogP contribution in [0.15, 0.2) is 30.3 Å². The van der Waals surface area contributed by atoms with Crippen molar-refractivity contribution in [3.63, 3.8) is 0 Å². The summed E-state index contributed by atoms with van der Waals surface area (Å²) in [6, 6.07) is 7.08. The molecule has 0 unspecified atom stereocenters. The standard InChI is InChI=1S/C25H30ClF5N4O3/c26-18-2-4-20(21(15-18)35-9-7-33(8-10-35)6-5-25(29,30)31)32-24(38)19-3-1-17(22(27)23(19)28)16-34(11-13-36)12-14-37/h1-4,15,36-37H,5-14,16H2,(H,32,38). The number of carbonyl (C=O) groups excluding carboxylic acids is 1. The summed E-state index contributed by atoms with van der Waals surface area (Å²) in [4.78, 5) is 18.0. The Morgan fingerprint density at radius 1 is 1.00 bits per heavy atom. The van der Waals surface area contributed by atoms with Crippen LogP contribution < -0.4 is 10.2 Å². The lowest BCUT2D eigenvalue weighted by molar-refractivity contribution is -0.138. The lowest BCUT2D eigenvalue weighted by atomic mass is 10.1. The Kier molecular flexibility index (Phi) is 10.7. The average Bonchev–Trinajstić information content (AvgIpc) is 2.87. The predicted octanol–water partition coefficient (Wildman–Crippen LogP) is 3.73. The summed E-state index contributed by atoms with van der Waals surface area (Å²) >= 11 is 6.15. The summed E-state index contributed by atoms with van der Waals surface area (Å²) in [5.74, 6) is -3.42. The molecule has 2 aromatic carbocycles. The molecule has 0 bridgehead atoms. The van der Waals surface area contributed by atoms with Crippen LogP contribution in [0.1, 0.15) is 22.3 Å². The molecule has 1 fully saturated rings. The van der Waals surface area contributed by atoms with Crippen LogP contribution in [0.4, 0.5) is 33.3 Å². The molecule has 1 aliphatic heterocycles. The van der Waals surface area contributed by atoms with Crippen molar-refractivity contribution >= 4 is 28.9 Å². The molecule has 0 radical (unpaired) electrons. The van der Waals surface area contributed by atoms with Gasteiger partial charge in [0.05, 0.1) is 36.6 Å². The molecule has 1 amide bonds. The van der Waals surface area contributed by atoms with E-state index in [0.717, 1.165) is 6.07 Å². The minimum atomic E-state index is -4.23. The van der Waals surface area contributed by atoms with Gasteiger partial charge in [0.25, 0.3) is 5.91 Å². The van der Waals surface area contributed by atoms with Crippen LogP contribution >= 0.6 is 11.6 Å². The Morgan fingerprint density at radius 2 is 1.66 bits per heavy atom. The molecular weight excluding hydrogens is 535 g/mol. The second-order valence-corrected chi connectivity index (χ2v) is 9.37. The van der Waals surface area contributed by atoms with E-state index >= 15 is 0 Å². The number of nitrogens with zero attached hydrogens (tertiary/aromatic N) is 3. The molecule has 3 rings (SSSR count). The molecule has 0 aliphatic carbocycles. The SMILES string of the molecule is O=C(Nc1ccc(Cl)cc1N1CCN(CCC(F)(F)F)CC1)c1ccc(CN(CCO)CCO)c(F)c1F. The Morgan fingerprint density at radius 3 is 2.26 bits per heavy atom. The van der Waals surface area contributed by atoms with E-state index < -0.39 is 35.7 Å². The number of rotatable bonds is 11. The molecule has 1 heterocycles. The van der Waals surface area contributed by atoms with Gasteiger partial charge < -0.3 is 20.4 Å². The van der Waals surface area contributed by atoms with Crippen LogP contribution in [0.5, 0.6) is 0 Å². The van der Waals surface area contributed by atoms with Crippen molar-refractivity contribution in [2.45, 2.75) is 19.1 Å². The number of aliphatic hydroxyl groups is 2. The second kappa shape index (κ2) is 13.5. The zero-order valence-electron chi connectivity index (χ0n) is 20.6. The number of nitrogens with one attached hydrogen (secondary N) is 1. The molecule has 2 aromatic rings. The zero-order chi connectivity index (χ0) is 27.9. The number of benzene rings is 2. The van der Waals surface area contributed by atoms with Crippen LogP contribution in [0.3, 0.4) is 0 Å². The van der Waals surface area contributed by atoms with Crippen LogP contribution in [0.25, 0.3) is 0 Å². The van der Waals surface area contributed by atoms with Crippen molar-refractivity contribution in [1.29, 1.82) is 0 Å². The highest BCUT2D eigenvalue weighted by molar-refractivity contribution is 6.31. The number of hydrogen-bond donors (Lipinski definition) is 3. The highest BCUT2D eigenvalue weighted by Crippen LogP contribution is 2.31. The number of aliphatic hydroxyl groups excluding tert-OH is 2. The van der Waals surface area contributed by atoms with Gasteiger partial charge in [-0.2, -0.15) is 13.2 Å². The molecule has 210 valence electrons. The van der Waals surface area contributed by atoms with E-state index in [-0.39, 0.29) is 45.0 Å². The molecule has 38 heavy (non-hydrogen) atoms. The van der Waals surface area contributed by atoms with Gasteiger partial charge in [-0.15, -0.1) is 0 Å². The molecule has 0 aromatic heterocycles. The number of halogens is 6. The quantitative estimate of drug-likeness (QED) is 0.361. The first-order valence-corrected chi connectivity index (χ1v) is 12.5. The van der Waals surface area contributed by atoms with Crippen LogP contribution in [0, 0.1) is 11.6 Å². The molecule has 1 aliphatic rings. The van der Waals surface area contributed by atoms with Crippen molar-refractivity contribution < 1.29 is 37.0 Å². The molecular formula is C25H30ClF5N4O3. The van der Waals surface area contributed by atoms with E-state index in [1.165, 1.54) is 18.2 Å².